The smallest absolute Gasteiger partial charge is 0.268 e. The molecule has 0 saturated heterocycles. The summed E-state index contributed by atoms with van der Waals surface area (Å²) in [5, 5.41) is 0.569. The normalized spacial score (nSPS) is 12.7. The summed E-state index contributed by atoms with van der Waals surface area (Å²) >= 11 is 1.30. The molecule has 0 fully saturated rings. The Bertz CT molecular complexity index is 1340. The molecule has 2 aromatic carbocycles. The van der Waals surface area contributed by atoms with Gasteiger partial charge in [0.2, 0.25) is 0 Å². The summed E-state index contributed by atoms with van der Waals surface area (Å²) in [5.41, 5.74) is 1.42. The standard InChI is InChI=1S/C24H21N3O3S/c1-15-20-22(25-19-9-6-14-27(19)23(20)28)31-21(15)24(29)26(2)16-10-12-18(13-11-16)30-17-7-4-3-5-8-17/h3-5,7-8,10-13H,6,9,14H2,1-2H3. The number of amides is 1. The predicted octanol–water partition coefficient (Wildman–Crippen LogP) is 4.78. The van der Waals surface area contributed by atoms with Gasteiger partial charge in [-0.15, -0.1) is 11.3 Å². The Balaban J connectivity index is 1.42. The molecule has 5 rings (SSSR count). The Hall–Kier alpha value is -3.45. The maximum atomic E-state index is 13.2. The van der Waals surface area contributed by atoms with Crippen LogP contribution >= 0.6 is 11.3 Å². The molecular formula is C24H21N3O3S. The third-order valence-corrected chi connectivity index (χ3v) is 6.79. The van der Waals surface area contributed by atoms with Gasteiger partial charge < -0.3 is 9.64 Å². The van der Waals surface area contributed by atoms with E-state index in [2.05, 4.69) is 4.98 Å². The molecule has 1 aliphatic heterocycles. The van der Waals surface area contributed by atoms with E-state index < -0.39 is 0 Å². The maximum Gasteiger partial charge on any atom is 0.268 e. The first-order chi connectivity index (χ1) is 15.0. The van der Waals surface area contributed by atoms with Gasteiger partial charge in [0.05, 0.1) is 10.3 Å². The van der Waals surface area contributed by atoms with Gasteiger partial charge in [0.15, 0.2) is 0 Å². The minimum atomic E-state index is -0.151. The zero-order valence-electron chi connectivity index (χ0n) is 17.3. The van der Waals surface area contributed by atoms with Crippen LogP contribution in [0, 0.1) is 6.92 Å². The number of ether oxygens (including phenoxy) is 1. The van der Waals surface area contributed by atoms with E-state index in [1.54, 1.807) is 16.5 Å². The fraction of sp³-hybridized carbons (Fsp3) is 0.208. The zero-order valence-corrected chi connectivity index (χ0v) is 18.1. The lowest BCUT2D eigenvalue weighted by Crippen LogP contribution is -2.26. The molecule has 0 bridgehead atoms. The Morgan fingerprint density at radius 1 is 1.10 bits per heavy atom. The van der Waals surface area contributed by atoms with Crippen LogP contribution in [0.15, 0.2) is 59.4 Å². The first-order valence-electron chi connectivity index (χ1n) is 10.2. The topological polar surface area (TPSA) is 64.4 Å². The highest BCUT2D eigenvalue weighted by atomic mass is 32.1. The number of rotatable bonds is 4. The minimum absolute atomic E-state index is 0.0321. The number of carbonyl (C=O) groups excluding carboxylic acids is 1. The summed E-state index contributed by atoms with van der Waals surface area (Å²) in [4.78, 5) is 33.6. The van der Waals surface area contributed by atoms with E-state index in [0.717, 1.165) is 30.1 Å². The van der Waals surface area contributed by atoms with Crippen molar-refractivity contribution in [3.05, 3.63) is 81.2 Å². The third-order valence-electron chi connectivity index (χ3n) is 5.61. The highest BCUT2D eigenvalue weighted by Crippen LogP contribution is 2.31. The molecule has 0 saturated carbocycles. The van der Waals surface area contributed by atoms with Crippen molar-refractivity contribution in [3.63, 3.8) is 0 Å². The second kappa shape index (κ2) is 7.67. The number of hydrogen-bond acceptors (Lipinski definition) is 5. The fourth-order valence-electron chi connectivity index (χ4n) is 3.91. The number of aromatic nitrogens is 2. The second-order valence-electron chi connectivity index (χ2n) is 7.60. The molecule has 1 amide bonds. The highest BCUT2D eigenvalue weighted by Gasteiger charge is 2.25. The van der Waals surface area contributed by atoms with Crippen LogP contribution in [0.4, 0.5) is 5.69 Å². The number of hydrogen-bond donors (Lipinski definition) is 0. The zero-order chi connectivity index (χ0) is 21.5. The summed E-state index contributed by atoms with van der Waals surface area (Å²) in [5.74, 6) is 2.12. The molecule has 6 nitrogen and oxygen atoms in total. The SMILES string of the molecule is Cc1c(C(=O)N(C)c2ccc(Oc3ccccc3)cc2)sc2nc3n(c(=O)c12)CCC3. The Kier molecular flexibility index (Phi) is 4.82. The number of aryl methyl sites for hydroxylation is 2. The second-order valence-corrected chi connectivity index (χ2v) is 8.60. The van der Waals surface area contributed by atoms with Crippen molar-refractivity contribution >= 4 is 33.1 Å². The van der Waals surface area contributed by atoms with Crippen LogP contribution in [0.25, 0.3) is 10.2 Å². The van der Waals surface area contributed by atoms with Crippen LogP contribution in [-0.2, 0) is 13.0 Å². The van der Waals surface area contributed by atoms with E-state index in [1.807, 2.05) is 61.5 Å². The highest BCUT2D eigenvalue weighted by molar-refractivity contribution is 7.20. The maximum absolute atomic E-state index is 13.2. The number of para-hydroxylation sites is 1. The first-order valence-corrected chi connectivity index (χ1v) is 11.0. The van der Waals surface area contributed by atoms with Gasteiger partial charge in [-0.25, -0.2) is 4.98 Å². The van der Waals surface area contributed by atoms with Crippen LogP contribution in [0.2, 0.25) is 0 Å². The molecule has 4 aromatic rings. The van der Waals surface area contributed by atoms with Crippen molar-refractivity contribution in [2.75, 3.05) is 11.9 Å². The van der Waals surface area contributed by atoms with E-state index in [9.17, 15) is 9.59 Å². The fourth-order valence-corrected chi connectivity index (χ4v) is 5.08. The van der Waals surface area contributed by atoms with E-state index in [-0.39, 0.29) is 11.5 Å². The minimum Gasteiger partial charge on any atom is -0.457 e. The molecule has 3 heterocycles. The average molecular weight is 432 g/mol. The lowest BCUT2D eigenvalue weighted by Gasteiger charge is -2.17. The molecule has 31 heavy (non-hydrogen) atoms. The molecule has 0 spiro atoms. The van der Waals surface area contributed by atoms with Crippen LogP contribution in [0.1, 0.15) is 27.5 Å². The summed E-state index contributed by atoms with van der Waals surface area (Å²) in [7, 11) is 1.74. The summed E-state index contributed by atoms with van der Waals surface area (Å²) in [6.45, 7) is 2.54. The van der Waals surface area contributed by atoms with Gasteiger partial charge in [0.25, 0.3) is 11.5 Å². The van der Waals surface area contributed by atoms with Gasteiger partial charge in [-0.05, 0) is 55.3 Å². The summed E-state index contributed by atoms with van der Waals surface area (Å²) < 4.78 is 7.56. The Labute approximate surface area is 183 Å². The van der Waals surface area contributed by atoms with Gasteiger partial charge in [0.1, 0.15) is 22.2 Å². The Morgan fingerprint density at radius 2 is 1.81 bits per heavy atom. The summed E-state index contributed by atoms with van der Waals surface area (Å²) in [6.07, 6.45) is 1.75. The lowest BCUT2D eigenvalue weighted by atomic mass is 10.2. The van der Waals surface area contributed by atoms with E-state index in [0.29, 0.717) is 33.0 Å². The van der Waals surface area contributed by atoms with Gasteiger partial charge >= 0.3 is 0 Å². The number of fused-ring (bicyclic) bond motifs is 2. The first kappa shape index (κ1) is 19.5. The molecule has 156 valence electrons. The molecule has 1 aliphatic rings. The lowest BCUT2D eigenvalue weighted by molar-refractivity contribution is 0.0996. The number of nitrogens with zero attached hydrogens (tertiary/aromatic N) is 3. The van der Waals surface area contributed by atoms with Crippen molar-refractivity contribution in [1.82, 2.24) is 9.55 Å². The van der Waals surface area contributed by atoms with Crippen LogP contribution in [0.5, 0.6) is 11.5 Å². The van der Waals surface area contributed by atoms with Gasteiger partial charge in [-0.1, -0.05) is 18.2 Å². The number of thiophene rings is 1. The van der Waals surface area contributed by atoms with Crippen molar-refractivity contribution < 1.29 is 9.53 Å². The molecule has 0 aliphatic carbocycles. The van der Waals surface area contributed by atoms with Gasteiger partial charge in [0, 0.05) is 25.7 Å². The quantitative estimate of drug-likeness (QED) is 0.466. The third kappa shape index (κ3) is 3.41. The van der Waals surface area contributed by atoms with E-state index in [1.165, 1.54) is 11.3 Å². The van der Waals surface area contributed by atoms with Gasteiger partial charge in [-0.3, -0.25) is 14.2 Å². The summed E-state index contributed by atoms with van der Waals surface area (Å²) in [6, 6.07) is 16.9. The average Bonchev–Trinajstić information content (AvgIpc) is 3.39. The van der Waals surface area contributed by atoms with E-state index >= 15 is 0 Å². The molecule has 7 heteroatoms. The number of carbonyl (C=O) groups is 1. The Morgan fingerprint density at radius 3 is 2.55 bits per heavy atom. The predicted molar refractivity (Wildman–Crippen MR) is 123 cm³/mol. The van der Waals surface area contributed by atoms with Crippen molar-refractivity contribution in [3.8, 4) is 11.5 Å². The van der Waals surface area contributed by atoms with Crippen LogP contribution < -0.4 is 15.2 Å². The molecule has 0 unspecified atom stereocenters. The van der Waals surface area contributed by atoms with Crippen LogP contribution in [0.3, 0.4) is 0 Å². The van der Waals surface area contributed by atoms with E-state index in [4.69, 9.17) is 4.74 Å². The molecule has 0 atom stereocenters. The molecule has 0 radical (unpaired) electrons. The number of anilines is 1. The van der Waals surface area contributed by atoms with Crippen molar-refractivity contribution in [2.24, 2.45) is 0 Å². The van der Waals surface area contributed by atoms with Gasteiger partial charge in [-0.2, -0.15) is 0 Å². The van der Waals surface area contributed by atoms with Crippen molar-refractivity contribution in [1.29, 1.82) is 0 Å². The molecule has 2 aromatic heterocycles. The molecule has 0 N–H and O–H groups in total. The monoisotopic (exact) mass is 431 g/mol. The number of benzene rings is 2. The van der Waals surface area contributed by atoms with Crippen LogP contribution in [-0.4, -0.2) is 22.5 Å². The largest absolute Gasteiger partial charge is 0.457 e. The van der Waals surface area contributed by atoms with Crippen molar-refractivity contribution in [2.45, 2.75) is 26.3 Å². The molecular weight excluding hydrogens is 410 g/mol.